The monoisotopic (exact) mass is 217 g/mol. The molecule has 1 aromatic rings. The van der Waals surface area contributed by atoms with Crippen LogP contribution in [0.3, 0.4) is 0 Å². The fourth-order valence-electron chi connectivity index (χ4n) is 1.39. The molecule has 0 aliphatic carbocycles. The Morgan fingerprint density at radius 2 is 2.00 bits per heavy atom. The Morgan fingerprint density at radius 1 is 1.33 bits per heavy atom. The Bertz CT molecular complexity index is 331. The van der Waals surface area contributed by atoms with Gasteiger partial charge in [0, 0.05) is 0 Å². The van der Waals surface area contributed by atoms with Crippen molar-refractivity contribution in [3.05, 3.63) is 41.5 Å². The molecule has 83 valence electrons. The first kappa shape index (κ1) is 12.0. The van der Waals surface area contributed by atoms with Crippen LogP contribution in [0.25, 0.3) is 0 Å². The lowest BCUT2D eigenvalue weighted by Gasteiger charge is -2.11. The molecule has 0 heterocycles. The highest BCUT2D eigenvalue weighted by molar-refractivity contribution is 5.36. The maximum absolute atomic E-state index is 12.3. The van der Waals surface area contributed by atoms with Gasteiger partial charge < -0.3 is 5.11 Å². The van der Waals surface area contributed by atoms with Crippen LogP contribution in [-0.4, -0.2) is 5.11 Å². The zero-order valence-corrected chi connectivity index (χ0v) is 8.30. The fraction of sp³-hybridized carbons (Fsp3) is 0.364. The molecule has 4 heteroatoms. The Labute approximate surface area is 86.5 Å². The van der Waals surface area contributed by atoms with Gasteiger partial charge in [-0.25, -0.2) is 0 Å². The third kappa shape index (κ3) is 2.96. The Kier molecular flexibility index (Phi) is 3.74. The lowest BCUT2D eigenvalue weighted by atomic mass is 10.0. The van der Waals surface area contributed by atoms with E-state index in [1.807, 2.05) is 6.92 Å². The van der Waals surface area contributed by atoms with Crippen molar-refractivity contribution in [2.24, 2.45) is 0 Å². The normalized spacial score (nSPS) is 11.8. The quantitative estimate of drug-likeness (QED) is 0.821. The molecule has 1 nitrogen and oxygen atoms in total. The van der Waals surface area contributed by atoms with E-state index in [1.165, 1.54) is 6.07 Å². The van der Waals surface area contributed by atoms with Crippen LogP contribution in [0.15, 0.2) is 18.2 Å². The maximum Gasteiger partial charge on any atom is 0.416 e. The standard InChI is InChI=1S/C11H12F3O/c1-2-3-8-4-5-10(11(12,13)14)6-9(8)7-15/h4-7,15H,2-3H2,1H3. The van der Waals surface area contributed by atoms with Crippen molar-refractivity contribution in [2.75, 3.05) is 0 Å². The number of halogens is 3. The first-order valence-electron chi connectivity index (χ1n) is 4.66. The Balaban J connectivity index is 3.08. The second-order valence-corrected chi connectivity index (χ2v) is 3.29. The van der Waals surface area contributed by atoms with Crippen LogP contribution >= 0.6 is 0 Å². The van der Waals surface area contributed by atoms with Gasteiger partial charge in [-0.2, -0.15) is 13.2 Å². The van der Waals surface area contributed by atoms with E-state index in [2.05, 4.69) is 0 Å². The van der Waals surface area contributed by atoms with Crippen LogP contribution in [0.1, 0.15) is 30.0 Å². The summed E-state index contributed by atoms with van der Waals surface area (Å²) in [6.45, 7) is 2.65. The van der Waals surface area contributed by atoms with E-state index in [4.69, 9.17) is 5.11 Å². The number of aliphatic hydroxyl groups is 1. The largest absolute Gasteiger partial charge is 0.416 e. The third-order valence-corrected chi connectivity index (χ3v) is 2.13. The summed E-state index contributed by atoms with van der Waals surface area (Å²) in [5.74, 6) is 0. The van der Waals surface area contributed by atoms with Gasteiger partial charge in [-0.1, -0.05) is 19.4 Å². The Hall–Kier alpha value is -1.03. The van der Waals surface area contributed by atoms with Gasteiger partial charge in [0.25, 0.3) is 0 Å². The molecular weight excluding hydrogens is 205 g/mol. The van der Waals surface area contributed by atoms with Gasteiger partial charge in [-0.3, -0.25) is 0 Å². The van der Waals surface area contributed by atoms with Crippen LogP contribution < -0.4 is 0 Å². The van der Waals surface area contributed by atoms with Crippen LogP contribution in [0.4, 0.5) is 13.2 Å². The van der Waals surface area contributed by atoms with Gasteiger partial charge in [-0.15, -0.1) is 0 Å². The molecule has 1 radical (unpaired) electrons. The van der Waals surface area contributed by atoms with Crippen molar-refractivity contribution in [3.8, 4) is 0 Å². The number of alkyl halides is 3. The summed E-state index contributed by atoms with van der Waals surface area (Å²) < 4.78 is 37.0. The molecule has 1 N–H and O–H groups in total. The van der Waals surface area contributed by atoms with E-state index in [0.717, 1.165) is 30.7 Å². The minimum Gasteiger partial charge on any atom is -0.385 e. The Morgan fingerprint density at radius 3 is 2.47 bits per heavy atom. The second-order valence-electron chi connectivity index (χ2n) is 3.29. The predicted octanol–water partition coefficient (Wildman–Crippen LogP) is 3.54. The van der Waals surface area contributed by atoms with Crippen LogP contribution in [0.5, 0.6) is 0 Å². The van der Waals surface area contributed by atoms with Gasteiger partial charge >= 0.3 is 6.18 Å². The van der Waals surface area contributed by atoms with Crippen molar-refractivity contribution in [1.29, 1.82) is 0 Å². The molecule has 15 heavy (non-hydrogen) atoms. The topological polar surface area (TPSA) is 20.2 Å². The van der Waals surface area contributed by atoms with E-state index in [0.29, 0.717) is 6.42 Å². The number of rotatable bonds is 3. The molecule has 0 amide bonds. The highest BCUT2D eigenvalue weighted by Gasteiger charge is 2.30. The number of hydrogen-bond acceptors (Lipinski definition) is 1. The SMILES string of the molecule is CCCc1ccc(C(F)(F)F)cc1[CH]O. The maximum atomic E-state index is 12.3. The highest BCUT2D eigenvalue weighted by atomic mass is 19.4. The summed E-state index contributed by atoms with van der Waals surface area (Å²) in [6.07, 6.45) is -2.88. The molecule has 0 spiro atoms. The molecular formula is C11H12F3O. The van der Waals surface area contributed by atoms with E-state index in [-0.39, 0.29) is 5.56 Å². The average Bonchev–Trinajstić information content (AvgIpc) is 2.17. The molecule has 0 aliphatic rings. The lowest BCUT2D eigenvalue weighted by molar-refractivity contribution is -0.137. The summed E-state index contributed by atoms with van der Waals surface area (Å²) in [7, 11) is 0. The highest BCUT2D eigenvalue weighted by Crippen LogP contribution is 2.31. The van der Waals surface area contributed by atoms with Crippen molar-refractivity contribution >= 4 is 0 Å². The summed E-state index contributed by atoms with van der Waals surface area (Å²) in [6, 6.07) is 3.41. The molecule has 0 aromatic heterocycles. The molecule has 0 aliphatic heterocycles. The van der Waals surface area contributed by atoms with Crippen molar-refractivity contribution < 1.29 is 18.3 Å². The van der Waals surface area contributed by atoms with E-state index >= 15 is 0 Å². The van der Waals surface area contributed by atoms with Crippen molar-refractivity contribution in [2.45, 2.75) is 25.9 Å². The number of aliphatic hydroxyl groups excluding tert-OH is 1. The predicted molar refractivity (Wildman–Crippen MR) is 50.8 cm³/mol. The molecule has 0 bridgehead atoms. The first-order chi connectivity index (χ1) is 6.99. The minimum absolute atomic E-state index is 0.242. The number of benzene rings is 1. The van der Waals surface area contributed by atoms with E-state index < -0.39 is 11.7 Å². The van der Waals surface area contributed by atoms with Crippen molar-refractivity contribution in [1.82, 2.24) is 0 Å². The summed E-state index contributed by atoms with van der Waals surface area (Å²) in [5, 5.41) is 8.84. The molecule has 0 saturated heterocycles. The second kappa shape index (κ2) is 4.66. The molecule has 0 unspecified atom stereocenters. The molecule has 1 aromatic carbocycles. The lowest BCUT2D eigenvalue weighted by Crippen LogP contribution is -2.06. The summed E-state index contributed by atoms with van der Waals surface area (Å²) in [4.78, 5) is 0. The fourth-order valence-corrected chi connectivity index (χ4v) is 1.39. The zero-order valence-electron chi connectivity index (χ0n) is 8.30. The summed E-state index contributed by atoms with van der Waals surface area (Å²) in [5.41, 5.74) is 0.238. The summed E-state index contributed by atoms with van der Waals surface area (Å²) >= 11 is 0. The van der Waals surface area contributed by atoms with E-state index in [1.54, 1.807) is 0 Å². The van der Waals surface area contributed by atoms with Crippen LogP contribution in [0, 0.1) is 6.61 Å². The van der Waals surface area contributed by atoms with Gasteiger partial charge in [0.15, 0.2) is 0 Å². The smallest absolute Gasteiger partial charge is 0.385 e. The molecule has 1 rings (SSSR count). The number of aryl methyl sites for hydroxylation is 1. The third-order valence-electron chi connectivity index (χ3n) is 2.13. The molecule has 0 fully saturated rings. The van der Waals surface area contributed by atoms with Gasteiger partial charge in [0.1, 0.15) is 6.61 Å². The van der Waals surface area contributed by atoms with Crippen LogP contribution in [0.2, 0.25) is 0 Å². The average molecular weight is 217 g/mol. The van der Waals surface area contributed by atoms with Gasteiger partial charge in [-0.05, 0) is 29.7 Å². The number of hydrogen-bond donors (Lipinski definition) is 1. The minimum atomic E-state index is -4.36. The van der Waals surface area contributed by atoms with Gasteiger partial charge in [0.2, 0.25) is 0 Å². The molecule has 0 saturated carbocycles. The zero-order chi connectivity index (χ0) is 11.5. The van der Waals surface area contributed by atoms with Crippen LogP contribution in [-0.2, 0) is 12.6 Å². The van der Waals surface area contributed by atoms with E-state index in [9.17, 15) is 13.2 Å². The first-order valence-corrected chi connectivity index (χ1v) is 4.66. The van der Waals surface area contributed by atoms with Crippen molar-refractivity contribution in [3.63, 3.8) is 0 Å². The van der Waals surface area contributed by atoms with Gasteiger partial charge in [0.05, 0.1) is 5.56 Å². The molecule has 0 atom stereocenters.